The van der Waals surface area contributed by atoms with Crippen molar-refractivity contribution >= 4 is 17.1 Å². The second-order valence-corrected chi connectivity index (χ2v) is 7.80. The molecule has 172 valence electrons. The summed E-state index contributed by atoms with van der Waals surface area (Å²) in [5, 5.41) is 22.5. The summed E-state index contributed by atoms with van der Waals surface area (Å²) in [6.07, 6.45) is 0.854. The minimum Gasteiger partial charge on any atom is -0.465 e. The predicted molar refractivity (Wildman–Crippen MR) is 127 cm³/mol. The molecule has 1 saturated heterocycles. The molecule has 0 spiro atoms. The number of hydrogen-bond donors (Lipinski definition) is 1. The molecule has 2 heterocycles. The Hall–Kier alpha value is -4.35. The second kappa shape index (κ2) is 11.0. The number of piperazine rings is 1. The van der Waals surface area contributed by atoms with Crippen LogP contribution in [0.2, 0.25) is 0 Å². The third kappa shape index (κ3) is 6.12. The van der Waals surface area contributed by atoms with Crippen LogP contribution < -0.4 is 4.74 Å². The van der Waals surface area contributed by atoms with Crippen molar-refractivity contribution in [2.45, 2.75) is 6.54 Å². The zero-order valence-electron chi connectivity index (χ0n) is 18.5. The maximum Gasteiger partial charge on any atom is 0.407 e. The zero-order valence-corrected chi connectivity index (χ0v) is 18.5. The van der Waals surface area contributed by atoms with E-state index in [-0.39, 0.29) is 0 Å². The first-order chi connectivity index (χ1) is 16.6. The van der Waals surface area contributed by atoms with Gasteiger partial charge >= 0.3 is 6.09 Å². The van der Waals surface area contributed by atoms with Gasteiger partial charge in [0.1, 0.15) is 11.5 Å². The third-order valence-corrected chi connectivity index (χ3v) is 5.43. The van der Waals surface area contributed by atoms with Crippen molar-refractivity contribution in [3.8, 4) is 17.6 Å². The van der Waals surface area contributed by atoms with Crippen molar-refractivity contribution in [3.63, 3.8) is 0 Å². The number of hydrogen-bond acceptors (Lipinski definition) is 6. The van der Waals surface area contributed by atoms with Crippen molar-refractivity contribution in [3.05, 3.63) is 90.1 Å². The number of carbonyl (C=O) groups is 1. The Morgan fingerprint density at radius 2 is 1.76 bits per heavy atom. The van der Waals surface area contributed by atoms with Crippen molar-refractivity contribution in [1.82, 2.24) is 15.0 Å². The van der Waals surface area contributed by atoms with E-state index in [1.165, 1.54) is 4.90 Å². The SMILES string of the molecule is N#Cc1ccc(Oc2cccc(CN3CCN(C(=O)O)CC3)c2)cc1.c1ccc2oncc2c1. The van der Waals surface area contributed by atoms with Gasteiger partial charge in [-0.3, -0.25) is 4.90 Å². The molecule has 1 N–H and O–H groups in total. The van der Waals surface area contributed by atoms with Crippen LogP contribution in [0.25, 0.3) is 11.0 Å². The standard InChI is InChI=1S/C19H19N3O3.C7H5NO/c20-13-15-4-6-17(7-5-15)25-18-3-1-2-16(12-18)14-21-8-10-22(11-9-21)19(23)24;1-2-4-7-6(3-1)5-8-9-7/h1-7,12H,8-11,14H2,(H,23,24);1-5H. The molecule has 8 nitrogen and oxygen atoms in total. The number of nitrogens with zero attached hydrogens (tertiary/aromatic N) is 4. The Morgan fingerprint density at radius 3 is 2.47 bits per heavy atom. The fourth-order valence-corrected chi connectivity index (χ4v) is 3.61. The molecule has 0 unspecified atom stereocenters. The van der Waals surface area contributed by atoms with Gasteiger partial charge < -0.3 is 19.3 Å². The largest absolute Gasteiger partial charge is 0.465 e. The molecule has 0 saturated carbocycles. The van der Waals surface area contributed by atoms with Crippen LogP contribution in [0.15, 0.2) is 83.5 Å². The van der Waals surface area contributed by atoms with Gasteiger partial charge in [-0.25, -0.2) is 4.79 Å². The van der Waals surface area contributed by atoms with Crippen LogP contribution in [0.4, 0.5) is 4.79 Å². The zero-order chi connectivity index (χ0) is 23.8. The van der Waals surface area contributed by atoms with Gasteiger partial charge in [-0.2, -0.15) is 5.26 Å². The highest BCUT2D eigenvalue weighted by atomic mass is 16.5. The normalized spacial score (nSPS) is 13.6. The molecule has 8 heteroatoms. The van der Waals surface area contributed by atoms with Gasteiger partial charge in [-0.15, -0.1) is 0 Å². The van der Waals surface area contributed by atoms with Gasteiger partial charge in [0.15, 0.2) is 5.58 Å². The number of ether oxygens (including phenoxy) is 1. The first kappa shape index (κ1) is 22.8. The lowest BCUT2D eigenvalue weighted by atomic mass is 10.2. The number of aromatic nitrogens is 1. The van der Waals surface area contributed by atoms with Crippen LogP contribution in [-0.2, 0) is 6.54 Å². The van der Waals surface area contributed by atoms with E-state index >= 15 is 0 Å². The van der Waals surface area contributed by atoms with Crippen LogP contribution in [0.1, 0.15) is 11.1 Å². The fraction of sp³-hybridized carbons (Fsp3) is 0.192. The van der Waals surface area contributed by atoms with Crippen LogP contribution in [0.3, 0.4) is 0 Å². The van der Waals surface area contributed by atoms with Gasteiger partial charge in [0.05, 0.1) is 17.8 Å². The van der Waals surface area contributed by atoms with E-state index in [0.29, 0.717) is 24.4 Å². The Labute approximate surface area is 197 Å². The molecule has 0 bridgehead atoms. The number of fused-ring (bicyclic) bond motifs is 1. The summed E-state index contributed by atoms with van der Waals surface area (Å²) in [5.41, 5.74) is 2.56. The van der Waals surface area contributed by atoms with E-state index in [4.69, 9.17) is 19.6 Å². The Balaban J connectivity index is 0.000000252. The van der Waals surface area contributed by atoms with E-state index < -0.39 is 6.09 Å². The maximum atomic E-state index is 11.0. The molecule has 1 fully saturated rings. The molecule has 3 aromatic carbocycles. The summed E-state index contributed by atoms with van der Waals surface area (Å²) in [6, 6.07) is 24.7. The van der Waals surface area contributed by atoms with Crippen molar-refractivity contribution in [1.29, 1.82) is 5.26 Å². The Bertz CT molecular complexity index is 1240. The maximum absolute atomic E-state index is 11.0. The minimum atomic E-state index is -0.850. The smallest absolute Gasteiger partial charge is 0.407 e. The summed E-state index contributed by atoms with van der Waals surface area (Å²) in [6.45, 7) is 3.30. The number of rotatable bonds is 4. The number of amides is 1. The van der Waals surface area contributed by atoms with Crippen LogP contribution in [-0.4, -0.2) is 52.3 Å². The molecule has 0 aliphatic carbocycles. The van der Waals surface area contributed by atoms with E-state index in [1.54, 1.807) is 30.5 Å². The summed E-state index contributed by atoms with van der Waals surface area (Å²) in [5.74, 6) is 1.43. The van der Waals surface area contributed by atoms with Gasteiger partial charge in [-0.1, -0.05) is 29.4 Å². The molecule has 1 aromatic heterocycles. The van der Waals surface area contributed by atoms with Crippen molar-refractivity contribution in [2.75, 3.05) is 26.2 Å². The van der Waals surface area contributed by atoms with E-state index in [1.807, 2.05) is 48.5 Å². The molecule has 5 rings (SSSR count). The lowest BCUT2D eigenvalue weighted by Gasteiger charge is -2.33. The first-order valence-electron chi connectivity index (χ1n) is 10.9. The number of benzene rings is 3. The molecule has 1 aliphatic heterocycles. The molecule has 1 amide bonds. The summed E-state index contributed by atoms with van der Waals surface area (Å²) in [4.78, 5) is 14.6. The number of para-hydroxylation sites is 1. The lowest BCUT2D eigenvalue weighted by molar-refractivity contribution is 0.103. The first-order valence-corrected chi connectivity index (χ1v) is 10.9. The lowest BCUT2D eigenvalue weighted by Crippen LogP contribution is -2.47. The summed E-state index contributed by atoms with van der Waals surface area (Å²) in [7, 11) is 0. The quantitative estimate of drug-likeness (QED) is 0.462. The van der Waals surface area contributed by atoms with E-state index in [2.05, 4.69) is 16.1 Å². The van der Waals surface area contributed by atoms with Crippen molar-refractivity contribution in [2.24, 2.45) is 0 Å². The predicted octanol–water partition coefficient (Wildman–Crippen LogP) is 4.97. The Morgan fingerprint density at radius 1 is 1.00 bits per heavy atom. The van der Waals surface area contributed by atoms with Gasteiger partial charge in [0, 0.05) is 38.1 Å². The molecule has 34 heavy (non-hydrogen) atoms. The summed E-state index contributed by atoms with van der Waals surface area (Å²) < 4.78 is 10.7. The van der Waals surface area contributed by atoms with Gasteiger partial charge in [-0.05, 0) is 54.1 Å². The third-order valence-electron chi connectivity index (χ3n) is 5.43. The van der Waals surface area contributed by atoms with Crippen LogP contribution in [0.5, 0.6) is 11.5 Å². The summed E-state index contributed by atoms with van der Waals surface area (Å²) >= 11 is 0. The molecule has 0 radical (unpaired) electrons. The monoisotopic (exact) mass is 456 g/mol. The highest BCUT2D eigenvalue weighted by molar-refractivity contribution is 5.75. The molecular formula is C26H24N4O4. The van der Waals surface area contributed by atoms with Gasteiger partial charge in [0.2, 0.25) is 0 Å². The van der Waals surface area contributed by atoms with Gasteiger partial charge in [0.25, 0.3) is 0 Å². The van der Waals surface area contributed by atoms with E-state index in [0.717, 1.165) is 41.9 Å². The van der Waals surface area contributed by atoms with E-state index in [9.17, 15) is 4.79 Å². The fourth-order valence-electron chi connectivity index (χ4n) is 3.61. The molecule has 1 aliphatic rings. The van der Waals surface area contributed by atoms with Crippen molar-refractivity contribution < 1.29 is 19.2 Å². The van der Waals surface area contributed by atoms with Crippen LogP contribution in [0, 0.1) is 11.3 Å². The Kier molecular flexibility index (Phi) is 7.38. The topological polar surface area (TPSA) is 103 Å². The average molecular weight is 457 g/mol. The molecule has 0 atom stereocenters. The second-order valence-electron chi connectivity index (χ2n) is 7.80. The molecule has 4 aromatic rings. The number of carboxylic acid groups (broad SMARTS) is 1. The average Bonchev–Trinajstić information content (AvgIpc) is 3.35. The highest BCUT2D eigenvalue weighted by Crippen LogP contribution is 2.23. The number of nitriles is 1. The molecular weight excluding hydrogens is 432 g/mol. The van der Waals surface area contributed by atoms with Crippen LogP contribution >= 0.6 is 0 Å². The highest BCUT2D eigenvalue weighted by Gasteiger charge is 2.20. The minimum absolute atomic E-state index is 0.538.